The van der Waals surface area contributed by atoms with Crippen LogP contribution in [0, 0.1) is 6.92 Å². The number of hydrogen-bond donors (Lipinski definition) is 2. The summed E-state index contributed by atoms with van der Waals surface area (Å²) in [7, 11) is 3.25. The molecule has 0 saturated heterocycles. The highest BCUT2D eigenvalue weighted by molar-refractivity contribution is 5.92. The molecule has 0 aliphatic heterocycles. The maximum Gasteiger partial charge on any atom is 0.322 e. The second kappa shape index (κ2) is 8.55. The van der Waals surface area contributed by atoms with E-state index >= 15 is 0 Å². The number of imidazole rings is 1. The molecule has 3 rings (SSSR count). The summed E-state index contributed by atoms with van der Waals surface area (Å²) in [4.78, 5) is 22.1. The molecule has 27 heavy (non-hydrogen) atoms. The van der Waals surface area contributed by atoms with E-state index in [0.29, 0.717) is 25.4 Å². The molecular weight excluding hydrogens is 344 g/mol. The van der Waals surface area contributed by atoms with Gasteiger partial charge in [0, 0.05) is 25.9 Å². The Morgan fingerprint density at radius 2 is 2.07 bits per heavy atom. The van der Waals surface area contributed by atoms with Gasteiger partial charge in [-0.15, -0.1) is 0 Å². The lowest BCUT2D eigenvalue weighted by Gasteiger charge is -2.23. The fourth-order valence-corrected chi connectivity index (χ4v) is 2.86. The van der Waals surface area contributed by atoms with Crippen molar-refractivity contribution in [1.29, 1.82) is 0 Å². The second-order valence-electron chi connectivity index (χ2n) is 6.25. The van der Waals surface area contributed by atoms with Gasteiger partial charge < -0.3 is 24.7 Å². The van der Waals surface area contributed by atoms with Gasteiger partial charge in [0.2, 0.25) is 0 Å². The number of carbonyl (C=O) groups is 1. The van der Waals surface area contributed by atoms with Crippen LogP contribution in [0.3, 0.4) is 0 Å². The molecule has 142 valence electrons. The Balaban J connectivity index is 1.74. The van der Waals surface area contributed by atoms with Crippen LogP contribution in [0.4, 0.5) is 10.5 Å². The summed E-state index contributed by atoms with van der Waals surface area (Å²) in [5, 5.41) is 2.95. The zero-order valence-electron chi connectivity index (χ0n) is 15.8. The number of methoxy groups -OCH3 is 2. The molecule has 2 aromatic carbocycles. The molecule has 0 spiro atoms. The van der Waals surface area contributed by atoms with Gasteiger partial charge in [-0.25, -0.2) is 9.78 Å². The Hall–Kier alpha value is -3.06. The van der Waals surface area contributed by atoms with Crippen LogP contribution in [-0.4, -0.2) is 48.3 Å². The standard InChI is InChI=1S/C20H24N4O3/c1-14-21-18-8-7-16(12-19(18)22-14)23-20(25)24(9-10-26-2)13-15-5-4-6-17(11-15)27-3/h4-8,11-12H,9-10,13H2,1-3H3,(H,21,22)(H,23,25). The van der Waals surface area contributed by atoms with Crippen LogP contribution in [0.2, 0.25) is 0 Å². The molecule has 1 aromatic heterocycles. The number of anilines is 1. The van der Waals surface area contributed by atoms with Crippen LogP contribution < -0.4 is 10.1 Å². The summed E-state index contributed by atoms with van der Waals surface area (Å²) < 4.78 is 10.4. The lowest BCUT2D eigenvalue weighted by atomic mass is 10.2. The van der Waals surface area contributed by atoms with E-state index < -0.39 is 0 Å². The van der Waals surface area contributed by atoms with Crippen molar-refractivity contribution in [3.8, 4) is 5.75 Å². The topological polar surface area (TPSA) is 79.5 Å². The maximum atomic E-state index is 12.8. The molecule has 0 fully saturated rings. The molecule has 7 heteroatoms. The molecular formula is C20H24N4O3. The molecule has 0 unspecified atom stereocenters. The fraction of sp³-hybridized carbons (Fsp3) is 0.300. The van der Waals surface area contributed by atoms with Crippen LogP contribution in [0.15, 0.2) is 42.5 Å². The van der Waals surface area contributed by atoms with Crippen LogP contribution in [-0.2, 0) is 11.3 Å². The first-order valence-corrected chi connectivity index (χ1v) is 8.73. The Morgan fingerprint density at radius 3 is 2.85 bits per heavy atom. The smallest absolute Gasteiger partial charge is 0.322 e. The number of rotatable bonds is 7. The number of nitrogens with one attached hydrogen (secondary N) is 2. The van der Waals surface area contributed by atoms with Gasteiger partial charge in [0.1, 0.15) is 11.6 Å². The molecule has 0 atom stereocenters. The highest BCUT2D eigenvalue weighted by Crippen LogP contribution is 2.19. The van der Waals surface area contributed by atoms with Crippen molar-refractivity contribution in [3.05, 3.63) is 53.9 Å². The number of hydrogen-bond acceptors (Lipinski definition) is 4. The fourth-order valence-electron chi connectivity index (χ4n) is 2.86. The molecule has 0 aliphatic carbocycles. The summed E-state index contributed by atoms with van der Waals surface area (Å²) in [6, 6.07) is 13.1. The van der Waals surface area contributed by atoms with Crippen LogP contribution >= 0.6 is 0 Å². The average molecular weight is 368 g/mol. The minimum absolute atomic E-state index is 0.189. The minimum atomic E-state index is -0.189. The highest BCUT2D eigenvalue weighted by atomic mass is 16.5. The number of carbonyl (C=O) groups excluding carboxylic acids is 1. The van der Waals surface area contributed by atoms with Crippen molar-refractivity contribution < 1.29 is 14.3 Å². The van der Waals surface area contributed by atoms with E-state index in [4.69, 9.17) is 9.47 Å². The summed E-state index contributed by atoms with van der Waals surface area (Å²) in [5.41, 5.74) is 3.46. The van der Waals surface area contributed by atoms with Gasteiger partial charge in [0.15, 0.2) is 0 Å². The Morgan fingerprint density at radius 1 is 1.22 bits per heavy atom. The normalized spacial score (nSPS) is 10.8. The summed E-state index contributed by atoms with van der Waals surface area (Å²) >= 11 is 0. The third kappa shape index (κ3) is 4.77. The number of H-pyrrole nitrogens is 1. The van der Waals surface area contributed by atoms with Crippen LogP contribution in [0.5, 0.6) is 5.75 Å². The molecule has 3 aromatic rings. The van der Waals surface area contributed by atoms with Crippen molar-refractivity contribution in [2.45, 2.75) is 13.5 Å². The number of aryl methyl sites for hydroxylation is 1. The molecule has 0 saturated carbocycles. The number of urea groups is 1. The molecule has 0 aliphatic rings. The number of aromatic nitrogens is 2. The monoisotopic (exact) mass is 368 g/mol. The van der Waals surface area contributed by atoms with Crippen molar-refractivity contribution in [2.75, 3.05) is 32.7 Å². The quantitative estimate of drug-likeness (QED) is 0.668. The van der Waals surface area contributed by atoms with Crippen LogP contribution in [0.25, 0.3) is 11.0 Å². The third-order valence-electron chi connectivity index (χ3n) is 4.21. The molecule has 2 amide bonds. The van der Waals surface area contributed by atoms with Crippen molar-refractivity contribution in [1.82, 2.24) is 14.9 Å². The van der Waals surface area contributed by atoms with Gasteiger partial charge in [-0.1, -0.05) is 12.1 Å². The molecule has 1 heterocycles. The lowest BCUT2D eigenvalue weighted by Crippen LogP contribution is -2.36. The average Bonchev–Trinajstić information content (AvgIpc) is 3.04. The third-order valence-corrected chi connectivity index (χ3v) is 4.21. The largest absolute Gasteiger partial charge is 0.497 e. The summed E-state index contributed by atoms with van der Waals surface area (Å²) in [6.45, 7) is 3.29. The zero-order chi connectivity index (χ0) is 19.2. The van der Waals surface area contributed by atoms with Gasteiger partial charge in [-0.3, -0.25) is 0 Å². The van der Waals surface area contributed by atoms with E-state index in [1.807, 2.05) is 49.4 Å². The highest BCUT2D eigenvalue weighted by Gasteiger charge is 2.15. The number of aromatic amines is 1. The second-order valence-corrected chi connectivity index (χ2v) is 6.25. The van der Waals surface area contributed by atoms with Gasteiger partial charge in [-0.2, -0.15) is 0 Å². The number of benzene rings is 2. The zero-order valence-corrected chi connectivity index (χ0v) is 15.8. The van der Waals surface area contributed by atoms with Gasteiger partial charge >= 0.3 is 6.03 Å². The maximum absolute atomic E-state index is 12.8. The molecule has 0 bridgehead atoms. The van der Waals surface area contributed by atoms with E-state index in [1.165, 1.54) is 0 Å². The molecule has 0 radical (unpaired) electrons. The number of nitrogens with zero attached hydrogens (tertiary/aromatic N) is 2. The van der Waals surface area contributed by atoms with Gasteiger partial charge in [-0.05, 0) is 42.8 Å². The first-order valence-electron chi connectivity index (χ1n) is 8.73. The van der Waals surface area contributed by atoms with E-state index in [1.54, 1.807) is 19.1 Å². The molecule has 2 N–H and O–H groups in total. The summed E-state index contributed by atoms with van der Waals surface area (Å²) in [6.07, 6.45) is 0. The Kier molecular flexibility index (Phi) is 5.93. The Bertz CT molecular complexity index is 922. The number of amides is 2. The Labute approximate surface area is 158 Å². The summed E-state index contributed by atoms with van der Waals surface area (Å²) in [5.74, 6) is 1.60. The van der Waals surface area contributed by atoms with Crippen molar-refractivity contribution in [3.63, 3.8) is 0 Å². The van der Waals surface area contributed by atoms with Gasteiger partial charge in [0.05, 0.1) is 24.8 Å². The van der Waals surface area contributed by atoms with E-state index in [2.05, 4.69) is 15.3 Å². The minimum Gasteiger partial charge on any atom is -0.497 e. The first kappa shape index (κ1) is 18.7. The molecule has 7 nitrogen and oxygen atoms in total. The first-order chi connectivity index (χ1) is 13.1. The number of ether oxygens (including phenoxy) is 2. The van der Waals surface area contributed by atoms with E-state index in [0.717, 1.165) is 28.2 Å². The van der Waals surface area contributed by atoms with Gasteiger partial charge in [0.25, 0.3) is 0 Å². The number of fused-ring (bicyclic) bond motifs is 1. The predicted molar refractivity (Wildman–Crippen MR) is 105 cm³/mol. The SMILES string of the molecule is COCCN(Cc1cccc(OC)c1)C(=O)Nc1ccc2nc(C)[nH]c2c1. The van der Waals surface area contributed by atoms with E-state index in [-0.39, 0.29) is 6.03 Å². The van der Waals surface area contributed by atoms with E-state index in [9.17, 15) is 4.79 Å². The predicted octanol–water partition coefficient (Wildman–Crippen LogP) is 3.56. The van der Waals surface area contributed by atoms with Crippen molar-refractivity contribution in [2.24, 2.45) is 0 Å². The van der Waals surface area contributed by atoms with Crippen LogP contribution in [0.1, 0.15) is 11.4 Å². The van der Waals surface area contributed by atoms with Crippen molar-refractivity contribution >= 4 is 22.8 Å². The lowest BCUT2D eigenvalue weighted by molar-refractivity contribution is 0.153.